The molecule has 0 spiro atoms. The van der Waals surface area contributed by atoms with Crippen LogP contribution in [0.2, 0.25) is 0 Å². The van der Waals surface area contributed by atoms with Gasteiger partial charge in [0.05, 0.1) is 0 Å². The molecule has 0 bridgehead atoms. The van der Waals surface area contributed by atoms with Crippen molar-refractivity contribution in [3.63, 3.8) is 0 Å². The van der Waals surface area contributed by atoms with Crippen molar-refractivity contribution in [3.8, 4) is 0 Å². The Labute approximate surface area is 82.0 Å². The maximum atomic E-state index is 9.98. The predicted octanol–water partition coefficient (Wildman–Crippen LogP) is 2.89. The van der Waals surface area contributed by atoms with E-state index in [0.29, 0.717) is 0 Å². The van der Waals surface area contributed by atoms with Crippen molar-refractivity contribution >= 4 is 6.29 Å². The van der Waals surface area contributed by atoms with Crippen LogP contribution in [-0.4, -0.2) is 11.8 Å². The lowest BCUT2D eigenvalue weighted by Gasteiger charge is -1.98. The van der Waals surface area contributed by atoms with Crippen LogP contribution in [0.25, 0.3) is 0 Å². The van der Waals surface area contributed by atoms with E-state index < -0.39 is 0 Å². The van der Waals surface area contributed by atoms with E-state index in [1.54, 1.807) is 0 Å². The number of carbonyl (C=O) groups excluding carboxylic acids is 1. The smallest absolute Gasteiger partial charge is 0.119 e. The van der Waals surface area contributed by atoms with Crippen molar-refractivity contribution < 1.29 is 10.3 Å². The van der Waals surface area contributed by atoms with Crippen LogP contribution in [0.3, 0.4) is 0 Å². The summed E-state index contributed by atoms with van der Waals surface area (Å²) in [6.45, 7) is 2.24. The van der Waals surface area contributed by atoms with E-state index in [-0.39, 0.29) is 5.48 Å². The summed E-state index contributed by atoms with van der Waals surface area (Å²) in [6, 6.07) is 0. The van der Waals surface area contributed by atoms with Gasteiger partial charge < -0.3 is 10.3 Å². The monoisotopic (exact) mass is 188 g/mol. The Morgan fingerprint density at radius 1 is 0.846 bits per heavy atom. The molecule has 0 aliphatic heterocycles. The molecule has 0 fully saturated rings. The fraction of sp³-hybridized carbons (Fsp3) is 0.909. The normalized spacial score (nSPS) is 9.31. The van der Waals surface area contributed by atoms with E-state index in [1.807, 2.05) is 0 Å². The molecular weight excluding hydrogens is 164 g/mol. The zero-order valence-electron chi connectivity index (χ0n) is 8.85. The lowest BCUT2D eigenvalue weighted by molar-refractivity contribution is -0.107. The summed E-state index contributed by atoms with van der Waals surface area (Å²) in [5.41, 5.74) is 0. The van der Waals surface area contributed by atoms with Gasteiger partial charge in [-0.3, -0.25) is 0 Å². The highest BCUT2D eigenvalue weighted by atomic mass is 16.1. The predicted molar refractivity (Wildman–Crippen MR) is 56.9 cm³/mol. The summed E-state index contributed by atoms with van der Waals surface area (Å²) in [5.74, 6) is 0. The first-order chi connectivity index (χ1) is 5.91. The highest BCUT2D eigenvalue weighted by molar-refractivity contribution is 5.48. The zero-order valence-corrected chi connectivity index (χ0v) is 8.85. The molecular formula is C11H24O2. The Morgan fingerprint density at radius 3 is 1.77 bits per heavy atom. The Hall–Kier alpha value is -0.370. The van der Waals surface area contributed by atoms with Gasteiger partial charge in [-0.1, -0.05) is 51.9 Å². The molecule has 0 amide bonds. The molecule has 2 N–H and O–H groups in total. The third-order valence-corrected chi connectivity index (χ3v) is 2.18. The van der Waals surface area contributed by atoms with Crippen molar-refractivity contribution in [3.05, 3.63) is 0 Å². The average molecular weight is 188 g/mol. The van der Waals surface area contributed by atoms with E-state index in [4.69, 9.17) is 0 Å². The third-order valence-electron chi connectivity index (χ3n) is 2.18. The first-order valence-corrected chi connectivity index (χ1v) is 5.35. The fourth-order valence-electron chi connectivity index (χ4n) is 1.36. The Balaban J connectivity index is 0. The molecule has 2 heteroatoms. The van der Waals surface area contributed by atoms with Crippen LogP contribution < -0.4 is 0 Å². The second kappa shape index (κ2) is 14.2. The summed E-state index contributed by atoms with van der Waals surface area (Å²) in [7, 11) is 0. The molecule has 2 nitrogen and oxygen atoms in total. The maximum absolute atomic E-state index is 9.98. The van der Waals surface area contributed by atoms with Crippen LogP contribution in [0.5, 0.6) is 0 Å². The van der Waals surface area contributed by atoms with Gasteiger partial charge in [-0.05, 0) is 6.42 Å². The number of hydrogen-bond donors (Lipinski definition) is 0. The Bertz CT molecular complexity index is 92.1. The van der Waals surface area contributed by atoms with Crippen molar-refractivity contribution in [2.45, 2.75) is 64.7 Å². The number of carbonyl (C=O) groups is 1. The van der Waals surface area contributed by atoms with E-state index in [0.717, 1.165) is 19.1 Å². The summed E-state index contributed by atoms with van der Waals surface area (Å²) in [4.78, 5) is 9.98. The van der Waals surface area contributed by atoms with Gasteiger partial charge in [0.15, 0.2) is 0 Å². The zero-order chi connectivity index (χ0) is 9.07. The van der Waals surface area contributed by atoms with Crippen molar-refractivity contribution in [2.24, 2.45) is 0 Å². The standard InChI is InChI=1S/C11H22O.H2O/c1-2-3-4-5-6-7-8-9-10-11-12;/h11H,2-10H2,1H3;1H2. The summed E-state index contributed by atoms with van der Waals surface area (Å²) in [5, 5.41) is 0. The van der Waals surface area contributed by atoms with E-state index in [1.165, 1.54) is 44.9 Å². The summed E-state index contributed by atoms with van der Waals surface area (Å²) < 4.78 is 0. The lowest BCUT2D eigenvalue weighted by atomic mass is 10.1. The van der Waals surface area contributed by atoms with E-state index in [2.05, 4.69) is 6.92 Å². The Morgan fingerprint density at radius 2 is 1.31 bits per heavy atom. The minimum absolute atomic E-state index is 0. The Kier molecular flexibility index (Phi) is 16.5. The molecule has 0 rings (SSSR count). The van der Waals surface area contributed by atoms with Crippen molar-refractivity contribution in [2.75, 3.05) is 0 Å². The van der Waals surface area contributed by atoms with Crippen molar-refractivity contribution in [1.82, 2.24) is 0 Å². The van der Waals surface area contributed by atoms with E-state index >= 15 is 0 Å². The van der Waals surface area contributed by atoms with Gasteiger partial charge in [0.2, 0.25) is 0 Å². The van der Waals surface area contributed by atoms with Gasteiger partial charge in [0, 0.05) is 6.42 Å². The van der Waals surface area contributed by atoms with Gasteiger partial charge >= 0.3 is 0 Å². The maximum Gasteiger partial charge on any atom is 0.119 e. The minimum atomic E-state index is 0. The van der Waals surface area contributed by atoms with Crippen LogP contribution in [0.1, 0.15) is 64.7 Å². The molecule has 13 heavy (non-hydrogen) atoms. The average Bonchev–Trinajstić information content (AvgIpc) is 2.10. The number of rotatable bonds is 9. The third kappa shape index (κ3) is 14.5. The molecule has 0 aromatic heterocycles. The van der Waals surface area contributed by atoms with Crippen molar-refractivity contribution in [1.29, 1.82) is 0 Å². The quantitative estimate of drug-likeness (QED) is 0.405. The highest BCUT2D eigenvalue weighted by Gasteiger charge is 1.90. The molecule has 0 atom stereocenters. The molecule has 0 radical (unpaired) electrons. The van der Waals surface area contributed by atoms with Gasteiger partial charge in [0.25, 0.3) is 0 Å². The molecule has 0 aromatic rings. The highest BCUT2D eigenvalue weighted by Crippen LogP contribution is 2.08. The van der Waals surface area contributed by atoms with E-state index in [9.17, 15) is 4.79 Å². The van der Waals surface area contributed by atoms with Crippen LogP contribution in [0.15, 0.2) is 0 Å². The molecule has 0 aliphatic carbocycles. The molecule has 0 saturated carbocycles. The second-order valence-electron chi connectivity index (χ2n) is 3.43. The number of unbranched alkanes of at least 4 members (excludes halogenated alkanes) is 8. The minimum Gasteiger partial charge on any atom is -0.412 e. The molecule has 0 saturated heterocycles. The van der Waals surface area contributed by atoms with Crippen LogP contribution in [0, 0.1) is 0 Å². The lowest BCUT2D eigenvalue weighted by Crippen LogP contribution is -1.81. The molecule has 80 valence electrons. The number of aldehydes is 1. The molecule has 0 heterocycles. The number of hydrogen-bond acceptors (Lipinski definition) is 1. The molecule has 0 aliphatic rings. The SMILES string of the molecule is CCCCCCCCCCC=O.O. The second-order valence-corrected chi connectivity index (χ2v) is 3.43. The van der Waals surface area contributed by atoms with Crippen LogP contribution in [0.4, 0.5) is 0 Å². The fourth-order valence-corrected chi connectivity index (χ4v) is 1.36. The molecule has 0 aromatic carbocycles. The first kappa shape index (κ1) is 15.1. The van der Waals surface area contributed by atoms with Crippen LogP contribution >= 0.6 is 0 Å². The molecule has 0 unspecified atom stereocenters. The van der Waals surface area contributed by atoms with Crippen LogP contribution in [-0.2, 0) is 4.79 Å². The summed E-state index contributed by atoms with van der Waals surface area (Å²) >= 11 is 0. The first-order valence-electron chi connectivity index (χ1n) is 5.35. The van der Waals surface area contributed by atoms with Gasteiger partial charge in [-0.25, -0.2) is 0 Å². The van der Waals surface area contributed by atoms with Gasteiger partial charge in [0.1, 0.15) is 6.29 Å². The summed E-state index contributed by atoms with van der Waals surface area (Å²) in [6.07, 6.45) is 12.3. The van der Waals surface area contributed by atoms with Gasteiger partial charge in [-0.2, -0.15) is 0 Å². The van der Waals surface area contributed by atoms with Gasteiger partial charge in [-0.15, -0.1) is 0 Å². The topological polar surface area (TPSA) is 48.6 Å². The largest absolute Gasteiger partial charge is 0.412 e.